The van der Waals surface area contributed by atoms with Crippen LogP contribution in [0.15, 0.2) is 23.2 Å². The van der Waals surface area contributed by atoms with Crippen molar-refractivity contribution in [3.63, 3.8) is 0 Å². The number of rotatable bonds is 5. The number of anilines is 1. The molecule has 0 atom stereocenters. The fourth-order valence-electron chi connectivity index (χ4n) is 1.67. The van der Waals surface area contributed by atoms with Crippen molar-refractivity contribution in [1.82, 2.24) is 9.71 Å². The summed E-state index contributed by atoms with van der Waals surface area (Å²) >= 11 is 0. The summed E-state index contributed by atoms with van der Waals surface area (Å²) in [4.78, 5) is 4.33. The number of nitrogens with one attached hydrogen (secondary N) is 2. The van der Waals surface area contributed by atoms with Crippen molar-refractivity contribution in [2.45, 2.75) is 37.1 Å². The molecule has 1 aromatic heterocycles. The summed E-state index contributed by atoms with van der Waals surface area (Å²) in [5.41, 5.74) is 0. The molecule has 1 saturated carbocycles. The molecular weight excluding hydrogens is 238 g/mol. The average Bonchev–Trinajstić information content (AvgIpc) is 2.25. The summed E-state index contributed by atoms with van der Waals surface area (Å²) in [5, 5.41) is 3.00. The zero-order valence-corrected chi connectivity index (χ0v) is 10.6. The summed E-state index contributed by atoms with van der Waals surface area (Å²) in [6, 6.07) is 3.18. The molecule has 17 heavy (non-hydrogen) atoms. The quantitative estimate of drug-likeness (QED) is 0.833. The zero-order chi connectivity index (χ0) is 12.3. The van der Waals surface area contributed by atoms with Crippen molar-refractivity contribution >= 4 is 15.8 Å². The van der Waals surface area contributed by atoms with Crippen molar-refractivity contribution in [1.29, 1.82) is 0 Å². The van der Waals surface area contributed by atoms with E-state index in [1.165, 1.54) is 12.3 Å². The Bertz CT molecular complexity index is 483. The molecule has 0 unspecified atom stereocenters. The standard InChI is InChI=1S/C11H17N3O2S/c1-2-12-11-8-10(6-7-13-11)17(15,16)14-9-4-3-5-9/h6-9,14H,2-5H2,1H3,(H,12,13). The minimum absolute atomic E-state index is 0.107. The first-order valence-corrected chi connectivity index (χ1v) is 7.32. The molecule has 1 aliphatic carbocycles. The molecule has 1 aliphatic rings. The molecule has 6 heteroatoms. The molecule has 0 spiro atoms. The van der Waals surface area contributed by atoms with E-state index >= 15 is 0 Å². The van der Waals surface area contributed by atoms with Gasteiger partial charge in [0.1, 0.15) is 5.82 Å². The summed E-state index contributed by atoms with van der Waals surface area (Å²) in [6.07, 6.45) is 4.48. The number of sulfonamides is 1. The Morgan fingerprint density at radius 2 is 2.24 bits per heavy atom. The van der Waals surface area contributed by atoms with Gasteiger partial charge in [0.15, 0.2) is 0 Å². The van der Waals surface area contributed by atoms with Gasteiger partial charge in [0, 0.05) is 24.8 Å². The van der Waals surface area contributed by atoms with Gasteiger partial charge in [-0.3, -0.25) is 0 Å². The van der Waals surface area contributed by atoms with Gasteiger partial charge in [0.2, 0.25) is 10.0 Å². The van der Waals surface area contributed by atoms with Crippen molar-refractivity contribution in [3.05, 3.63) is 18.3 Å². The molecule has 1 fully saturated rings. The lowest BCUT2D eigenvalue weighted by Gasteiger charge is -2.26. The van der Waals surface area contributed by atoms with E-state index in [9.17, 15) is 8.42 Å². The van der Waals surface area contributed by atoms with E-state index in [-0.39, 0.29) is 10.9 Å². The number of nitrogens with zero attached hydrogens (tertiary/aromatic N) is 1. The Hall–Kier alpha value is -1.14. The molecule has 2 N–H and O–H groups in total. The van der Waals surface area contributed by atoms with Gasteiger partial charge in [0.25, 0.3) is 0 Å². The smallest absolute Gasteiger partial charge is 0.241 e. The fourth-order valence-corrected chi connectivity index (χ4v) is 2.99. The normalized spacial score (nSPS) is 16.5. The van der Waals surface area contributed by atoms with Gasteiger partial charge in [-0.15, -0.1) is 0 Å². The van der Waals surface area contributed by atoms with E-state index < -0.39 is 10.0 Å². The topological polar surface area (TPSA) is 71.1 Å². The third-order valence-corrected chi connectivity index (χ3v) is 4.34. The molecular formula is C11H17N3O2S. The van der Waals surface area contributed by atoms with Gasteiger partial charge in [-0.2, -0.15) is 0 Å². The van der Waals surface area contributed by atoms with Crippen LogP contribution in [0.3, 0.4) is 0 Å². The summed E-state index contributed by atoms with van der Waals surface area (Å²) in [6.45, 7) is 2.65. The van der Waals surface area contributed by atoms with Crippen LogP contribution in [0.1, 0.15) is 26.2 Å². The Kier molecular flexibility index (Phi) is 3.63. The van der Waals surface area contributed by atoms with E-state index in [1.54, 1.807) is 6.07 Å². The van der Waals surface area contributed by atoms with Gasteiger partial charge in [-0.25, -0.2) is 18.1 Å². The highest BCUT2D eigenvalue weighted by atomic mass is 32.2. The maximum atomic E-state index is 12.0. The van der Waals surface area contributed by atoms with Crippen LogP contribution in [-0.4, -0.2) is 26.0 Å². The molecule has 2 rings (SSSR count). The molecule has 1 aromatic rings. The van der Waals surface area contributed by atoms with Gasteiger partial charge >= 0.3 is 0 Å². The van der Waals surface area contributed by atoms with Crippen molar-refractivity contribution in [3.8, 4) is 0 Å². The van der Waals surface area contributed by atoms with Crippen LogP contribution in [-0.2, 0) is 10.0 Å². The van der Waals surface area contributed by atoms with E-state index in [2.05, 4.69) is 15.0 Å². The van der Waals surface area contributed by atoms with Crippen LogP contribution < -0.4 is 10.0 Å². The number of hydrogen-bond donors (Lipinski definition) is 2. The fraction of sp³-hybridized carbons (Fsp3) is 0.545. The first kappa shape index (κ1) is 12.3. The second-order valence-corrected chi connectivity index (χ2v) is 5.87. The Morgan fingerprint density at radius 3 is 2.82 bits per heavy atom. The lowest BCUT2D eigenvalue weighted by molar-refractivity contribution is 0.383. The second kappa shape index (κ2) is 5.01. The summed E-state index contributed by atoms with van der Waals surface area (Å²) in [7, 11) is -3.39. The Labute approximate surface area is 102 Å². The first-order valence-electron chi connectivity index (χ1n) is 5.84. The van der Waals surface area contributed by atoms with Crippen LogP contribution in [0.2, 0.25) is 0 Å². The van der Waals surface area contributed by atoms with Crippen LogP contribution in [0.25, 0.3) is 0 Å². The van der Waals surface area contributed by atoms with E-state index in [0.29, 0.717) is 12.4 Å². The minimum Gasteiger partial charge on any atom is -0.370 e. The van der Waals surface area contributed by atoms with Crippen LogP contribution >= 0.6 is 0 Å². The van der Waals surface area contributed by atoms with Crippen molar-refractivity contribution < 1.29 is 8.42 Å². The minimum atomic E-state index is -3.39. The predicted molar refractivity (Wildman–Crippen MR) is 66.4 cm³/mol. The maximum absolute atomic E-state index is 12.0. The van der Waals surface area contributed by atoms with Gasteiger partial charge in [-0.1, -0.05) is 6.42 Å². The third-order valence-electron chi connectivity index (χ3n) is 2.83. The molecule has 0 aromatic carbocycles. The summed E-state index contributed by atoms with van der Waals surface area (Å²) < 4.78 is 26.7. The molecule has 0 aliphatic heterocycles. The molecule has 0 amide bonds. The van der Waals surface area contributed by atoms with Crippen LogP contribution in [0.4, 0.5) is 5.82 Å². The maximum Gasteiger partial charge on any atom is 0.241 e. The van der Waals surface area contributed by atoms with Crippen LogP contribution in [0.5, 0.6) is 0 Å². The lowest BCUT2D eigenvalue weighted by Crippen LogP contribution is -2.39. The van der Waals surface area contributed by atoms with Crippen molar-refractivity contribution in [2.75, 3.05) is 11.9 Å². The highest BCUT2D eigenvalue weighted by Gasteiger charge is 2.24. The zero-order valence-electron chi connectivity index (χ0n) is 9.81. The molecule has 0 radical (unpaired) electrons. The Morgan fingerprint density at radius 1 is 1.47 bits per heavy atom. The monoisotopic (exact) mass is 255 g/mol. The molecule has 1 heterocycles. The first-order chi connectivity index (χ1) is 8.12. The van der Waals surface area contributed by atoms with Gasteiger partial charge in [-0.05, 0) is 25.8 Å². The van der Waals surface area contributed by atoms with E-state index in [0.717, 1.165) is 19.3 Å². The predicted octanol–water partition coefficient (Wildman–Crippen LogP) is 1.34. The SMILES string of the molecule is CCNc1cc(S(=O)(=O)NC2CCC2)ccn1. The number of aromatic nitrogens is 1. The summed E-state index contributed by atoms with van der Waals surface area (Å²) in [5.74, 6) is 0.587. The van der Waals surface area contributed by atoms with E-state index in [4.69, 9.17) is 0 Å². The van der Waals surface area contributed by atoms with Crippen molar-refractivity contribution in [2.24, 2.45) is 0 Å². The van der Waals surface area contributed by atoms with E-state index in [1.807, 2.05) is 6.92 Å². The average molecular weight is 255 g/mol. The number of hydrogen-bond acceptors (Lipinski definition) is 4. The molecule has 0 bridgehead atoms. The Balaban J connectivity index is 2.16. The molecule has 0 saturated heterocycles. The second-order valence-electron chi connectivity index (χ2n) is 4.16. The highest BCUT2D eigenvalue weighted by molar-refractivity contribution is 7.89. The number of pyridine rings is 1. The van der Waals surface area contributed by atoms with Gasteiger partial charge < -0.3 is 5.32 Å². The largest absolute Gasteiger partial charge is 0.370 e. The molecule has 5 nitrogen and oxygen atoms in total. The lowest BCUT2D eigenvalue weighted by atomic mass is 9.94. The third kappa shape index (κ3) is 2.95. The van der Waals surface area contributed by atoms with Crippen LogP contribution in [0, 0.1) is 0 Å². The molecule has 94 valence electrons. The highest BCUT2D eigenvalue weighted by Crippen LogP contribution is 2.21. The van der Waals surface area contributed by atoms with Gasteiger partial charge in [0.05, 0.1) is 4.90 Å².